The molecule has 1 saturated heterocycles. The Hall–Kier alpha value is -1.09. The van der Waals surface area contributed by atoms with Crippen molar-refractivity contribution in [2.75, 3.05) is 18.0 Å². The molecule has 1 aromatic heterocycles. The van der Waals surface area contributed by atoms with Gasteiger partial charge in [0, 0.05) is 19.3 Å². The Balaban J connectivity index is 2.11. The van der Waals surface area contributed by atoms with Crippen LogP contribution >= 0.6 is 0 Å². The lowest BCUT2D eigenvalue weighted by atomic mass is 9.97. The summed E-state index contributed by atoms with van der Waals surface area (Å²) in [4.78, 5) is 6.32. The van der Waals surface area contributed by atoms with Gasteiger partial charge in [-0.1, -0.05) is 0 Å². The van der Waals surface area contributed by atoms with Crippen LogP contribution in [0, 0.1) is 6.92 Å². The van der Waals surface area contributed by atoms with Crippen molar-refractivity contribution in [2.45, 2.75) is 19.4 Å². The standard InChI is InChI=1S/C10H14N2O/c1-8-3-4-11-9(5-8)12-6-10(2,13)7-12/h3-5,13H,6-7H2,1-2H3. The zero-order valence-electron chi connectivity index (χ0n) is 7.99. The summed E-state index contributed by atoms with van der Waals surface area (Å²) in [7, 11) is 0. The van der Waals surface area contributed by atoms with Crippen molar-refractivity contribution in [2.24, 2.45) is 0 Å². The number of β-amino-alcohol motifs (C(OH)–C–C–N with tert-alkyl or cyclic N) is 1. The fourth-order valence-electron chi connectivity index (χ4n) is 1.63. The minimum Gasteiger partial charge on any atom is -0.386 e. The normalized spacial score (nSPS) is 19.8. The molecule has 1 fully saturated rings. The van der Waals surface area contributed by atoms with Crippen LogP contribution in [0.4, 0.5) is 5.82 Å². The molecule has 0 aliphatic carbocycles. The lowest BCUT2D eigenvalue weighted by Gasteiger charge is -2.45. The first kappa shape index (κ1) is 8.51. The van der Waals surface area contributed by atoms with Crippen molar-refractivity contribution in [1.29, 1.82) is 0 Å². The maximum absolute atomic E-state index is 9.54. The van der Waals surface area contributed by atoms with Gasteiger partial charge in [0.2, 0.25) is 0 Å². The summed E-state index contributed by atoms with van der Waals surface area (Å²) in [5.74, 6) is 0.964. The molecule has 0 amide bonds. The number of aryl methyl sites for hydroxylation is 1. The highest BCUT2D eigenvalue weighted by Gasteiger charge is 2.37. The molecule has 0 radical (unpaired) electrons. The number of pyridine rings is 1. The molecule has 1 N–H and O–H groups in total. The van der Waals surface area contributed by atoms with E-state index in [1.165, 1.54) is 5.56 Å². The van der Waals surface area contributed by atoms with E-state index in [0.29, 0.717) is 13.1 Å². The van der Waals surface area contributed by atoms with E-state index in [9.17, 15) is 5.11 Å². The van der Waals surface area contributed by atoms with Crippen molar-refractivity contribution in [1.82, 2.24) is 4.98 Å². The third kappa shape index (κ3) is 1.65. The lowest BCUT2D eigenvalue weighted by Crippen LogP contribution is -2.60. The van der Waals surface area contributed by atoms with Gasteiger partial charge in [0.05, 0.1) is 5.60 Å². The van der Waals surface area contributed by atoms with Crippen LogP contribution in [0.3, 0.4) is 0 Å². The Morgan fingerprint density at radius 1 is 1.54 bits per heavy atom. The summed E-state index contributed by atoms with van der Waals surface area (Å²) in [5, 5.41) is 9.54. The van der Waals surface area contributed by atoms with Crippen LogP contribution in [0.1, 0.15) is 12.5 Å². The Morgan fingerprint density at radius 2 is 2.23 bits per heavy atom. The molecule has 0 saturated carbocycles. The van der Waals surface area contributed by atoms with Crippen molar-refractivity contribution in [3.05, 3.63) is 23.9 Å². The van der Waals surface area contributed by atoms with Gasteiger partial charge in [0.1, 0.15) is 5.82 Å². The third-order valence-electron chi connectivity index (χ3n) is 2.29. The van der Waals surface area contributed by atoms with E-state index >= 15 is 0 Å². The van der Waals surface area contributed by atoms with Gasteiger partial charge < -0.3 is 10.0 Å². The van der Waals surface area contributed by atoms with Crippen molar-refractivity contribution < 1.29 is 5.11 Å². The first-order valence-electron chi connectivity index (χ1n) is 4.47. The molecule has 70 valence electrons. The number of hydrogen-bond donors (Lipinski definition) is 1. The number of hydrogen-bond acceptors (Lipinski definition) is 3. The molecule has 1 aromatic rings. The molecular formula is C10H14N2O. The van der Waals surface area contributed by atoms with Gasteiger partial charge in [-0.15, -0.1) is 0 Å². The first-order valence-corrected chi connectivity index (χ1v) is 4.47. The monoisotopic (exact) mass is 178 g/mol. The quantitative estimate of drug-likeness (QED) is 0.696. The van der Waals surface area contributed by atoms with Crippen molar-refractivity contribution in [3.8, 4) is 0 Å². The van der Waals surface area contributed by atoms with Gasteiger partial charge in [-0.3, -0.25) is 0 Å². The zero-order chi connectivity index (χ0) is 9.47. The summed E-state index contributed by atoms with van der Waals surface area (Å²) in [5.41, 5.74) is 0.683. The van der Waals surface area contributed by atoms with E-state index < -0.39 is 5.60 Å². The second kappa shape index (κ2) is 2.70. The molecule has 3 nitrogen and oxygen atoms in total. The topological polar surface area (TPSA) is 36.4 Å². The van der Waals surface area contributed by atoms with E-state index in [1.54, 1.807) is 6.20 Å². The first-order chi connectivity index (χ1) is 6.07. The van der Waals surface area contributed by atoms with Gasteiger partial charge in [-0.25, -0.2) is 4.98 Å². The molecule has 1 aliphatic heterocycles. The molecule has 1 aliphatic rings. The van der Waals surface area contributed by atoms with E-state index in [1.807, 2.05) is 26.0 Å². The van der Waals surface area contributed by atoms with Gasteiger partial charge >= 0.3 is 0 Å². The molecule has 0 bridgehead atoms. The van der Waals surface area contributed by atoms with Crippen LogP contribution < -0.4 is 4.90 Å². The highest BCUT2D eigenvalue weighted by molar-refractivity contribution is 5.45. The number of aromatic nitrogens is 1. The van der Waals surface area contributed by atoms with Gasteiger partial charge in [0.15, 0.2) is 0 Å². The maximum atomic E-state index is 9.54. The summed E-state index contributed by atoms with van der Waals surface area (Å²) < 4.78 is 0. The molecule has 0 unspecified atom stereocenters. The fourth-order valence-corrected chi connectivity index (χ4v) is 1.63. The van der Waals surface area contributed by atoms with Gasteiger partial charge in [0.25, 0.3) is 0 Å². The predicted octanol–water partition coefficient (Wildman–Crippen LogP) is 0.961. The van der Waals surface area contributed by atoms with Crippen LogP contribution in [0.5, 0.6) is 0 Å². The molecule has 2 heterocycles. The SMILES string of the molecule is Cc1ccnc(N2CC(C)(O)C2)c1. The fraction of sp³-hybridized carbons (Fsp3) is 0.500. The Bertz CT molecular complexity index is 314. The van der Waals surface area contributed by atoms with Crippen LogP contribution in [0.2, 0.25) is 0 Å². The number of anilines is 1. The van der Waals surface area contributed by atoms with E-state index in [4.69, 9.17) is 0 Å². The van der Waals surface area contributed by atoms with Crippen molar-refractivity contribution >= 4 is 5.82 Å². The third-order valence-corrected chi connectivity index (χ3v) is 2.29. The van der Waals surface area contributed by atoms with Crippen LogP contribution in [-0.4, -0.2) is 28.8 Å². The summed E-state index contributed by atoms with van der Waals surface area (Å²) in [6.45, 7) is 5.26. The average Bonchev–Trinajstić information content (AvgIpc) is 2.00. The summed E-state index contributed by atoms with van der Waals surface area (Å²) in [6.07, 6.45) is 1.80. The van der Waals surface area contributed by atoms with Crippen LogP contribution in [0.15, 0.2) is 18.3 Å². The number of rotatable bonds is 1. The van der Waals surface area contributed by atoms with E-state index in [2.05, 4.69) is 9.88 Å². The summed E-state index contributed by atoms with van der Waals surface area (Å²) >= 11 is 0. The van der Waals surface area contributed by atoms with E-state index in [0.717, 1.165) is 5.82 Å². The zero-order valence-corrected chi connectivity index (χ0v) is 7.99. The lowest BCUT2D eigenvalue weighted by molar-refractivity contribution is 0.0305. The molecule has 2 rings (SSSR count). The Morgan fingerprint density at radius 3 is 2.77 bits per heavy atom. The number of aliphatic hydroxyl groups is 1. The van der Waals surface area contributed by atoms with Gasteiger partial charge in [-0.05, 0) is 31.5 Å². The molecular weight excluding hydrogens is 164 g/mol. The molecule has 3 heteroatoms. The maximum Gasteiger partial charge on any atom is 0.128 e. The van der Waals surface area contributed by atoms with Crippen LogP contribution in [-0.2, 0) is 0 Å². The molecule has 0 atom stereocenters. The second-order valence-corrected chi connectivity index (χ2v) is 4.04. The second-order valence-electron chi connectivity index (χ2n) is 4.04. The van der Waals surface area contributed by atoms with Crippen molar-refractivity contribution in [3.63, 3.8) is 0 Å². The predicted molar refractivity (Wildman–Crippen MR) is 51.8 cm³/mol. The highest BCUT2D eigenvalue weighted by Crippen LogP contribution is 2.25. The minimum absolute atomic E-state index is 0.522. The Labute approximate surface area is 78.0 Å². The largest absolute Gasteiger partial charge is 0.386 e. The average molecular weight is 178 g/mol. The van der Waals surface area contributed by atoms with Crippen LogP contribution in [0.25, 0.3) is 0 Å². The van der Waals surface area contributed by atoms with Gasteiger partial charge in [-0.2, -0.15) is 0 Å². The number of nitrogens with zero attached hydrogens (tertiary/aromatic N) is 2. The van der Waals surface area contributed by atoms with E-state index in [-0.39, 0.29) is 0 Å². The molecule has 13 heavy (non-hydrogen) atoms. The smallest absolute Gasteiger partial charge is 0.128 e. The Kier molecular flexibility index (Phi) is 1.77. The highest BCUT2D eigenvalue weighted by atomic mass is 16.3. The minimum atomic E-state index is -0.522. The molecule has 0 aromatic carbocycles. The molecule has 0 spiro atoms. The summed E-state index contributed by atoms with van der Waals surface area (Å²) in [6, 6.07) is 4.01.